The Bertz CT molecular complexity index is 1990. The first-order valence-corrected chi connectivity index (χ1v) is 22.1. The summed E-state index contributed by atoms with van der Waals surface area (Å²) in [5.41, 5.74) is 0. The van der Waals surface area contributed by atoms with Gasteiger partial charge in [0.05, 0.1) is 18.5 Å². The van der Waals surface area contributed by atoms with Gasteiger partial charge in [0.1, 0.15) is 31.5 Å². The van der Waals surface area contributed by atoms with Crippen molar-refractivity contribution in [2.45, 2.75) is 194 Å². The van der Waals surface area contributed by atoms with Gasteiger partial charge in [0.2, 0.25) is 0 Å². The summed E-state index contributed by atoms with van der Waals surface area (Å²) in [6.45, 7) is 12.1. The second-order valence-electron chi connectivity index (χ2n) is 16.5. The minimum atomic E-state index is -1.97. The number of rotatable bonds is 18. The highest BCUT2D eigenvalue weighted by Gasteiger charge is 2.59. The maximum atomic E-state index is 13.0. The number of carbonyl (C=O) groups excluding carboxylic acids is 10. The lowest BCUT2D eigenvalue weighted by Gasteiger charge is -2.49. The standard InChI is InChI=1S/C44H60O27/c1-17-32(60-21(5)47)36(63-24(8)50)39(66-27(11)53)42(58-17)68-29-13-14-55-30(15-56-19(3)45)34(29)70-44-41(38(65-26(10)52)35(62-23(7)49)31(69-44)16-57-20(4)46)71-43-40(67-28(12)54)37(64-25(9)51)33(18(2)59-43)61-22(6)48/h13-14,17-18,29-44H,15-16H2,1-12H3/t17?,18?,29-,30?,31?,32?,33+,34?,35?,36-,37?,38+,39?,40-,41?,42+,43?,44+/m1/s1. The molecule has 18 atom stereocenters. The summed E-state index contributed by atoms with van der Waals surface area (Å²) >= 11 is 0. The summed E-state index contributed by atoms with van der Waals surface area (Å²) < 4.78 is 99.1. The summed E-state index contributed by atoms with van der Waals surface area (Å²) in [4.78, 5) is 125. The van der Waals surface area contributed by atoms with E-state index >= 15 is 0 Å². The van der Waals surface area contributed by atoms with Crippen LogP contribution in [0.15, 0.2) is 12.3 Å². The molecule has 0 bridgehead atoms. The van der Waals surface area contributed by atoms with Gasteiger partial charge in [-0.3, -0.25) is 47.9 Å². The van der Waals surface area contributed by atoms with Crippen LogP contribution < -0.4 is 0 Å². The van der Waals surface area contributed by atoms with Crippen LogP contribution in [0.1, 0.15) is 83.1 Å². The minimum absolute atomic E-state index is 0.567. The molecule has 4 aliphatic heterocycles. The number of hydrogen-bond acceptors (Lipinski definition) is 27. The highest BCUT2D eigenvalue weighted by molar-refractivity contribution is 5.70. The van der Waals surface area contributed by atoms with Gasteiger partial charge in [-0.15, -0.1) is 0 Å². The molecule has 0 amide bonds. The molecule has 0 saturated carbocycles. The Balaban J connectivity index is 1.92. The van der Waals surface area contributed by atoms with Gasteiger partial charge >= 0.3 is 59.7 Å². The predicted molar refractivity (Wildman–Crippen MR) is 224 cm³/mol. The Kier molecular flexibility index (Phi) is 21.0. The molecular weight excluding hydrogens is 960 g/mol. The predicted octanol–water partition coefficient (Wildman–Crippen LogP) is -0.151. The van der Waals surface area contributed by atoms with Crippen molar-refractivity contribution in [1.29, 1.82) is 0 Å². The quantitative estimate of drug-likeness (QED) is 0.127. The number of ether oxygens (including phenoxy) is 17. The molecule has 0 radical (unpaired) electrons. The number of esters is 10. The molecule has 398 valence electrons. The second-order valence-corrected chi connectivity index (χ2v) is 16.5. The summed E-state index contributed by atoms with van der Waals surface area (Å²) in [7, 11) is 0. The summed E-state index contributed by atoms with van der Waals surface area (Å²) in [6, 6.07) is 0. The van der Waals surface area contributed by atoms with Crippen molar-refractivity contribution < 1.29 is 128 Å². The van der Waals surface area contributed by atoms with Crippen LogP contribution in [0.5, 0.6) is 0 Å². The van der Waals surface area contributed by atoms with E-state index in [1.807, 2.05) is 0 Å². The van der Waals surface area contributed by atoms with Crippen molar-refractivity contribution in [2.24, 2.45) is 0 Å². The van der Waals surface area contributed by atoms with E-state index in [9.17, 15) is 47.9 Å². The van der Waals surface area contributed by atoms with E-state index in [1.165, 1.54) is 19.9 Å². The van der Waals surface area contributed by atoms with Crippen molar-refractivity contribution in [2.75, 3.05) is 13.2 Å². The van der Waals surface area contributed by atoms with Crippen LogP contribution in [0.3, 0.4) is 0 Å². The van der Waals surface area contributed by atoms with Crippen molar-refractivity contribution in [3.63, 3.8) is 0 Å². The molecule has 4 heterocycles. The van der Waals surface area contributed by atoms with Gasteiger partial charge in [0, 0.05) is 69.2 Å². The Labute approximate surface area is 406 Å². The van der Waals surface area contributed by atoms with Gasteiger partial charge < -0.3 is 80.5 Å². The molecule has 71 heavy (non-hydrogen) atoms. The van der Waals surface area contributed by atoms with Crippen molar-refractivity contribution >= 4 is 59.7 Å². The van der Waals surface area contributed by atoms with Gasteiger partial charge in [-0.25, -0.2) is 0 Å². The average Bonchev–Trinajstić information content (AvgIpc) is 3.23. The first kappa shape index (κ1) is 57.6. The van der Waals surface area contributed by atoms with Gasteiger partial charge in [0.15, 0.2) is 79.9 Å². The van der Waals surface area contributed by atoms with E-state index in [-0.39, 0.29) is 0 Å². The Morgan fingerprint density at radius 2 is 0.676 bits per heavy atom. The van der Waals surface area contributed by atoms with Crippen LogP contribution in [0.2, 0.25) is 0 Å². The van der Waals surface area contributed by atoms with E-state index in [4.69, 9.17) is 80.5 Å². The largest absolute Gasteiger partial charge is 0.492 e. The minimum Gasteiger partial charge on any atom is -0.492 e. The Morgan fingerprint density at radius 1 is 0.352 bits per heavy atom. The van der Waals surface area contributed by atoms with Gasteiger partial charge in [0.25, 0.3) is 0 Å². The third-order valence-electron chi connectivity index (χ3n) is 10.4. The zero-order valence-electron chi connectivity index (χ0n) is 41.0. The molecule has 0 aromatic rings. The molecule has 0 aromatic carbocycles. The first-order chi connectivity index (χ1) is 33.2. The average molecular weight is 1020 g/mol. The summed E-state index contributed by atoms with van der Waals surface area (Å²) in [6.07, 6.45) is -26.1. The smallest absolute Gasteiger partial charge is 0.303 e. The summed E-state index contributed by atoms with van der Waals surface area (Å²) in [5.74, 6) is -8.83. The topological polar surface area (TPSA) is 328 Å². The van der Waals surface area contributed by atoms with Gasteiger partial charge in [-0.1, -0.05) is 0 Å². The highest BCUT2D eigenvalue weighted by Crippen LogP contribution is 2.38. The van der Waals surface area contributed by atoms with E-state index in [2.05, 4.69) is 0 Å². The van der Waals surface area contributed by atoms with Gasteiger partial charge in [-0.2, -0.15) is 0 Å². The Hall–Kier alpha value is -6.00. The summed E-state index contributed by atoms with van der Waals surface area (Å²) in [5, 5.41) is 0. The molecule has 0 aromatic heterocycles. The van der Waals surface area contributed by atoms with Crippen LogP contribution in [-0.2, 0) is 128 Å². The van der Waals surface area contributed by atoms with Crippen molar-refractivity contribution in [3.05, 3.63) is 12.3 Å². The molecule has 3 fully saturated rings. The molecule has 11 unspecified atom stereocenters. The second kappa shape index (κ2) is 25.9. The zero-order valence-corrected chi connectivity index (χ0v) is 41.0. The van der Waals surface area contributed by atoms with Crippen LogP contribution >= 0.6 is 0 Å². The third kappa shape index (κ3) is 16.5. The third-order valence-corrected chi connectivity index (χ3v) is 10.4. The van der Waals surface area contributed by atoms with Gasteiger partial charge in [-0.05, 0) is 19.9 Å². The lowest BCUT2D eigenvalue weighted by molar-refractivity contribution is -0.379. The number of hydrogen-bond donors (Lipinski definition) is 0. The van der Waals surface area contributed by atoms with Crippen LogP contribution in [0.4, 0.5) is 0 Å². The zero-order chi connectivity index (χ0) is 53.0. The normalized spacial score (nSPS) is 34.4. The molecule has 27 nitrogen and oxygen atoms in total. The maximum Gasteiger partial charge on any atom is 0.303 e. The fraction of sp³-hybridized carbons (Fsp3) is 0.727. The molecule has 0 N–H and O–H groups in total. The first-order valence-electron chi connectivity index (χ1n) is 22.1. The molecular formula is C44H60O27. The molecule has 0 aliphatic carbocycles. The highest BCUT2D eigenvalue weighted by atomic mass is 16.8. The molecule has 0 spiro atoms. The van der Waals surface area contributed by atoms with E-state index < -0.39 is 183 Å². The fourth-order valence-electron chi connectivity index (χ4n) is 7.99. The maximum absolute atomic E-state index is 13.0. The van der Waals surface area contributed by atoms with E-state index in [0.29, 0.717) is 0 Å². The molecule has 4 rings (SSSR count). The monoisotopic (exact) mass is 1020 g/mol. The molecule has 4 aliphatic rings. The van der Waals surface area contributed by atoms with Crippen molar-refractivity contribution in [1.82, 2.24) is 0 Å². The van der Waals surface area contributed by atoms with Crippen LogP contribution in [0, 0.1) is 0 Å². The lowest BCUT2D eigenvalue weighted by Crippen LogP contribution is -2.67. The lowest BCUT2D eigenvalue weighted by atomic mass is 9.96. The van der Waals surface area contributed by atoms with Crippen molar-refractivity contribution in [3.8, 4) is 0 Å². The fourth-order valence-corrected chi connectivity index (χ4v) is 7.99. The molecule has 27 heteroatoms. The number of carbonyl (C=O) groups is 10. The van der Waals surface area contributed by atoms with E-state index in [1.54, 1.807) is 0 Å². The Morgan fingerprint density at radius 3 is 1.08 bits per heavy atom. The van der Waals surface area contributed by atoms with Crippen LogP contribution in [0.25, 0.3) is 0 Å². The SMILES string of the molecule is CC(=O)OCC1O[C@@H](OC2C(COC(C)=O)OC=C[C@H]2O[C@@H]2OC(C)C(OC(C)=O)[C@@H](OC(C)=O)C2OC(C)=O)C(OC2OC(C)[C@H](OC(C)=O)C(OC(C)=O)[C@H]2OC(C)=O)[C@@H](OC(C)=O)C1OC(C)=O. The van der Waals surface area contributed by atoms with E-state index in [0.717, 1.165) is 75.5 Å². The van der Waals surface area contributed by atoms with Crippen LogP contribution in [-0.4, -0.2) is 183 Å². The molecule has 3 saturated heterocycles.